The number of aliphatic imine (C=N–C) groups is 1. The maximum atomic E-state index is 14.6. The first kappa shape index (κ1) is 20.0. The number of carbonyl (C=O) groups excluding carboxylic acids is 1. The van der Waals surface area contributed by atoms with E-state index >= 15 is 0 Å². The lowest BCUT2D eigenvalue weighted by Gasteiger charge is -2.16. The third-order valence-electron chi connectivity index (χ3n) is 4.48. The number of hydrogen-bond donors (Lipinski definition) is 2. The van der Waals surface area contributed by atoms with Crippen molar-refractivity contribution in [3.63, 3.8) is 0 Å². The van der Waals surface area contributed by atoms with Gasteiger partial charge in [0.1, 0.15) is 10.7 Å². The molecule has 4 rings (SSSR count). The topological polar surface area (TPSA) is 66.4 Å². The van der Waals surface area contributed by atoms with Gasteiger partial charge in [-0.15, -0.1) is 11.8 Å². The molecule has 30 heavy (non-hydrogen) atoms. The lowest BCUT2D eigenvalue weighted by Crippen LogP contribution is -2.33. The molecular formula is C21H15F3N4OS. The third-order valence-corrected chi connectivity index (χ3v) is 5.13. The number of thioether (sulfide) groups is 1. The van der Waals surface area contributed by atoms with Gasteiger partial charge in [0.2, 0.25) is 5.82 Å². The van der Waals surface area contributed by atoms with Crippen LogP contribution in [0.15, 0.2) is 64.6 Å². The second-order valence-electron chi connectivity index (χ2n) is 6.34. The summed E-state index contributed by atoms with van der Waals surface area (Å²) in [7, 11) is 0. The maximum absolute atomic E-state index is 14.6. The summed E-state index contributed by atoms with van der Waals surface area (Å²) in [6.45, 7) is 0. The highest BCUT2D eigenvalue weighted by molar-refractivity contribution is 7.98. The standard InChI is InChI=1S/C21H15F3N4OS/c1-30-21-15(23)17(14(22)18(24)28-21)27-19-20(29)25-13-10-6-5-9-12(13)16(26-19)11-7-3-2-4-8-11/h2-10,19H,1H3,(H,25,29)(H,27,28). The number of benzene rings is 2. The van der Waals surface area contributed by atoms with Crippen LogP contribution in [0.2, 0.25) is 0 Å². The molecule has 0 radical (unpaired) electrons. The number of nitrogens with one attached hydrogen (secondary N) is 2. The van der Waals surface area contributed by atoms with Crippen molar-refractivity contribution in [2.75, 3.05) is 16.9 Å². The molecule has 3 aromatic rings. The van der Waals surface area contributed by atoms with E-state index in [2.05, 4.69) is 20.6 Å². The largest absolute Gasteiger partial charge is 0.351 e. The predicted octanol–water partition coefficient (Wildman–Crippen LogP) is 4.45. The Morgan fingerprint density at radius 2 is 1.70 bits per heavy atom. The van der Waals surface area contributed by atoms with Crippen LogP contribution in [0.25, 0.3) is 0 Å². The zero-order valence-corrected chi connectivity index (χ0v) is 16.4. The zero-order valence-electron chi connectivity index (χ0n) is 15.6. The molecule has 0 bridgehead atoms. The van der Waals surface area contributed by atoms with E-state index in [4.69, 9.17) is 0 Å². The van der Waals surface area contributed by atoms with E-state index in [0.29, 0.717) is 22.5 Å². The average molecular weight is 428 g/mol. The van der Waals surface area contributed by atoms with Crippen molar-refractivity contribution in [2.24, 2.45) is 4.99 Å². The Hall–Kier alpha value is -3.33. The molecule has 0 fully saturated rings. The summed E-state index contributed by atoms with van der Waals surface area (Å²) >= 11 is 0.817. The molecule has 2 N–H and O–H groups in total. The quantitative estimate of drug-likeness (QED) is 0.476. The summed E-state index contributed by atoms with van der Waals surface area (Å²) in [6.07, 6.45) is 0.0702. The molecule has 1 aliphatic rings. The van der Waals surface area contributed by atoms with E-state index < -0.39 is 35.3 Å². The predicted molar refractivity (Wildman–Crippen MR) is 110 cm³/mol. The minimum atomic E-state index is -1.52. The number of rotatable bonds is 4. The van der Waals surface area contributed by atoms with Crippen molar-refractivity contribution in [2.45, 2.75) is 11.2 Å². The number of carbonyl (C=O) groups is 1. The molecule has 0 spiro atoms. The molecule has 2 aromatic carbocycles. The van der Waals surface area contributed by atoms with Gasteiger partial charge < -0.3 is 10.6 Å². The lowest BCUT2D eigenvalue weighted by molar-refractivity contribution is -0.116. The van der Waals surface area contributed by atoms with Crippen molar-refractivity contribution in [3.05, 3.63) is 83.3 Å². The van der Waals surface area contributed by atoms with Gasteiger partial charge in [-0.3, -0.25) is 4.79 Å². The van der Waals surface area contributed by atoms with E-state index in [1.165, 1.54) is 6.26 Å². The maximum Gasteiger partial charge on any atom is 0.269 e. The molecule has 1 aromatic heterocycles. The summed E-state index contributed by atoms with van der Waals surface area (Å²) in [5.74, 6) is -4.72. The highest BCUT2D eigenvalue weighted by Crippen LogP contribution is 2.30. The zero-order chi connectivity index (χ0) is 21.3. The van der Waals surface area contributed by atoms with Gasteiger partial charge >= 0.3 is 0 Å². The van der Waals surface area contributed by atoms with Crippen LogP contribution in [-0.2, 0) is 4.79 Å². The van der Waals surface area contributed by atoms with Gasteiger partial charge in [0.15, 0.2) is 12.0 Å². The molecule has 1 amide bonds. The molecule has 0 saturated heterocycles. The summed E-state index contributed by atoms with van der Waals surface area (Å²) in [4.78, 5) is 20.5. The SMILES string of the molecule is CSc1nc(F)c(F)c(NC2N=C(c3ccccc3)c3ccccc3NC2=O)c1F. The molecule has 152 valence electrons. The molecule has 1 aliphatic heterocycles. The number of pyridine rings is 1. The van der Waals surface area contributed by atoms with Gasteiger partial charge in [0.25, 0.3) is 11.9 Å². The van der Waals surface area contributed by atoms with Gasteiger partial charge in [-0.05, 0) is 12.3 Å². The first-order valence-electron chi connectivity index (χ1n) is 8.88. The smallest absolute Gasteiger partial charge is 0.269 e. The van der Waals surface area contributed by atoms with Crippen molar-refractivity contribution < 1.29 is 18.0 Å². The average Bonchev–Trinajstić information content (AvgIpc) is 2.90. The van der Waals surface area contributed by atoms with Crippen LogP contribution in [0.3, 0.4) is 0 Å². The van der Waals surface area contributed by atoms with Gasteiger partial charge in [-0.25, -0.2) is 14.4 Å². The Morgan fingerprint density at radius 3 is 2.43 bits per heavy atom. The summed E-state index contributed by atoms with van der Waals surface area (Å²) in [5.41, 5.74) is 1.51. The number of benzodiazepines with no additional fused rings is 1. The lowest BCUT2D eigenvalue weighted by atomic mass is 10.0. The molecule has 0 saturated carbocycles. The minimum Gasteiger partial charge on any atom is -0.351 e. The highest BCUT2D eigenvalue weighted by Gasteiger charge is 2.29. The first-order valence-corrected chi connectivity index (χ1v) is 10.1. The van der Waals surface area contributed by atoms with E-state index in [9.17, 15) is 18.0 Å². The number of fused-ring (bicyclic) bond motifs is 1. The first-order chi connectivity index (χ1) is 14.5. The second kappa shape index (κ2) is 8.19. The van der Waals surface area contributed by atoms with Gasteiger partial charge in [-0.1, -0.05) is 48.5 Å². The molecule has 9 heteroatoms. The number of anilines is 2. The number of amides is 1. The molecule has 0 aliphatic carbocycles. The van der Waals surface area contributed by atoms with Crippen LogP contribution in [0.1, 0.15) is 11.1 Å². The molecule has 1 atom stereocenters. The monoisotopic (exact) mass is 428 g/mol. The third kappa shape index (κ3) is 3.63. The number of halogens is 3. The van der Waals surface area contributed by atoms with E-state index in [-0.39, 0.29) is 5.03 Å². The van der Waals surface area contributed by atoms with Crippen LogP contribution in [0.4, 0.5) is 24.5 Å². The van der Waals surface area contributed by atoms with Crippen LogP contribution in [0.5, 0.6) is 0 Å². The highest BCUT2D eigenvalue weighted by atomic mass is 32.2. The van der Waals surface area contributed by atoms with Gasteiger partial charge in [0.05, 0.1) is 11.4 Å². The second-order valence-corrected chi connectivity index (χ2v) is 7.14. The fourth-order valence-electron chi connectivity index (χ4n) is 3.07. The van der Waals surface area contributed by atoms with Crippen LogP contribution < -0.4 is 10.6 Å². The molecule has 1 unspecified atom stereocenters. The van der Waals surface area contributed by atoms with Crippen molar-refractivity contribution in [3.8, 4) is 0 Å². The molecule has 2 heterocycles. The number of nitrogens with zero attached hydrogens (tertiary/aromatic N) is 2. The van der Waals surface area contributed by atoms with Crippen LogP contribution in [0, 0.1) is 17.6 Å². The molecule has 5 nitrogen and oxygen atoms in total. The summed E-state index contributed by atoms with van der Waals surface area (Å²) < 4.78 is 42.8. The Labute approximate surface area is 174 Å². The van der Waals surface area contributed by atoms with Crippen LogP contribution >= 0.6 is 11.8 Å². The van der Waals surface area contributed by atoms with E-state index in [0.717, 1.165) is 11.8 Å². The summed E-state index contributed by atoms with van der Waals surface area (Å²) in [6, 6.07) is 16.1. The Morgan fingerprint density at radius 1 is 1.00 bits per heavy atom. The normalized spacial score (nSPS) is 15.7. The number of para-hydroxylation sites is 1. The van der Waals surface area contributed by atoms with E-state index in [1.807, 2.05) is 30.3 Å². The Kier molecular flexibility index (Phi) is 5.45. The molecular weight excluding hydrogens is 413 g/mol. The fraction of sp³-hybridized carbons (Fsp3) is 0.0952. The Balaban J connectivity index is 1.84. The van der Waals surface area contributed by atoms with Crippen LogP contribution in [-0.4, -0.2) is 29.0 Å². The van der Waals surface area contributed by atoms with Crippen molar-refractivity contribution in [1.82, 2.24) is 4.98 Å². The minimum absolute atomic E-state index is 0.332. The van der Waals surface area contributed by atoms with Gasteiger partial charge in [-0.2, -0.15) is 8.78 Å². The summed E-state index contributed by atoms with van der Waals surface area (Å²) in [5, 5.41) is 4.78. The van der Waals surface area contributed by atoms with Gasteiger partial charge in [0, 0.05) is 11.1 Å². The Bertz CT molecular complexity index is 1150. The number of hydrogen-bond acceptors (Lipinski definition) is 5. The number of aromatic nitrogens is 1. The fourth-order valence-corrected chi connectivity index (χ4v) is 3.53. The van der Waals surface area contributed by atoms with Crippen molar-refractivity contribution >= 4 is 34.8 Å². The van der Waals surface area contributed by atoms with E-state index in [1.54, 1.807) is 24.3 Å². The van der Waals surface area contributed by atoms with Crippen molar-refractivity contribution in [1.29, 1.82) is 0 Å².